The van der Waals surface area contributed by atoms with Gasteiger partial charge in [-0.05, 0) is 62.1 Å². The first-order chi connectivity index (χ1) is 15.6. The Bertz CT molecular complexity index is 1110. The van der Waals surface area contributed by atoms with Gasteiger partial charge >= 0.3 is 5.97 Å². The van der Waals surface area contributed by atoms with Crippen LogP contribution in [-0.4, -0.2) is 57.9 Å². The van der Waals surface area contributed by atoms with Gasteiger partial charge in [-0.1, -0.05) is 19.1 Å². The summed E-state index contributed by atoms with van der Waals surface area (Å²) < 4.78 is 31.8. The van der Waals surface area contributed by atoms with Crippen molar-refractivity contribution >= 4 is 33.3 Å². The molecule has 0 radical (unpaired) electrons. The van der Waals surface area contributed by atoms with E-state index in [1.165, 1.54) is 33.2 Å². The first-order valence-electron chi connectivity index (χ1n) is 11.1. The number of anilines is 2. The molecule has 33 heavy (non-hydrogen) atoms. The quantitative estimate of drug-likeness (QED) is 0.591. The number of hydrogen-bond acceptors (Lipinski definition) is 6. The van der Waals surface area contributed by atoms with E-state index in [4.69, 9.17) is 4.74 Å². The number of rotatable bonds is 8. The molecule has 1 amide bonds. The summed E-state index contributed by atoms with van der Waals surface area (Å²) in [4.78, 5) is 27.7. The molecule has 1 N–H and O–H groups in total. The zero-order chi connectivity index (χ0) is 24.2. The topological polar surface area (TPSA) is 96.0 Å². The van der Waals surface area contributed by atoms with Crippen LogP contribution in [-0.2, 0) is 26.0 Å². The molecule has 1 saturated heterocycles. The van der Waals surface area contributed by atoms with E-state index in [-0.39, 0.29) is 10.5 Å². The number of carbonyl (C=O) groups is 2. The van der Waals surface area contributed by atoms with Gasteiger partial charge in [0.05, 0.1) is 16.1 Å². The van der Waals surface area contributed by atoms with E-state index >= 15 is 0 Å². The van der Waals surface area contributed by atoms with Crippen molar-refractivity contribution < 1.29 is 22.7 Å². The van der Waals surface area contributed by atoms with E-state index in [1.54, 1.807) is 18.2 Å². The molecule has 0 bridgehead atoms. The number of carbonyl (C=O) groups excluding carboxylic acids is 2. The van der Waals surface area contributed by atoms with Gasteiger partial charge in [0.15, 0.2) is 6.10 Å². The summed E-state index contributed by atoms with van der Waals surface area (Å²) in [6.07, 6.45) is 1.80. The highest BCUT2D eigenvalue weighted by atomic mass is 32.2. The highest BCUT2D eigenvalue weighted by Crippen LogP contribution is 2.29. The van der Waals surface area contributed by atoms with Gasteiger partial charge in [0.25, 0.3) is 5.91 Å². The number of benzene rings is 2. The van der Waals surface area contributed by atoms with Gasteiger partial charge in [0.2, 0.25) is 10.0 Å². The van der Waals surface area contributed by atoms with Crippen molar-refractivity contribution in [2.45, 2.75) is 44.1 Å². The molecular formula is C24H31N3O5S. The third-order valence-corrected chi connectivity index (χ3v) is 7.51. The molecule has 0 saturated carbocycles. The molecule has 0 aromatic heterocycles. The monoisotopic (exact) mass is 473 g/mol. The normalized spacial score (nSPS) is 14.9. The maximum absolute atomic E-state index is 13.1. The van der Waals surface area contributed by atoms with Gasteiger partial charge < -0.3 is 15.0 Å². The van der Waals surface area contributed by atoms with Crippen LogP contribution in [0.25, 0.3) is 0 Å². The Hall–Kier alpha value is -2.91. The summed E-state index contributed by atoms with van der Waals surface area (Å²) in [6, 6.07) is 11.9. The van der Waals surface area contributed by atoms with Crippen LogP contribution < -0.4 is 10.2 Å². The van der Waals surface area contributed by atoms with E-state index in [0.717, 1.165) is 42.2 Å². The first kappa shape index (κ1) is 24.7. The van der Waals surface area contributed by atoms with Crippen LogP contribution in [0.3, 0.4) is 0 Å². The van der Waals surface area contributed by atoms with Crippen molar-refractivity contribution in [3.05, 3.63) is 53.6 Å². The highest BCUT2D eigenvalue weighted by molar-refractivity contribution is 7.89. The van der Waals surface area contributed by atoms with E-state index in [0.29, 0.717) is 11.4 Å². The Morgan fingerprint density at radius 3 is 2.30 bits per heavy atom. The van der Waals surface area contributed by atoms with Crippen LogP contribution >= 0.6 is 0 Å². The number of ether oxygens (including phenoxy) is 1. The Kier molecular flexibility index (Phi) is 7.76. The highest BCUT2D eigenvalue weighted by Gasteiger charge is 2.27. The molecule has 8 nitrogen and oxygen atoms in total. The maximum atomic E-state index is 13.1. The summed E-state index contributed by atoms with van der Waals surface area (Å²) in [6.45, 7) is 5.07. The van der Waals surface area contributed by atoms with Crippen molar-refractivity contribution in [1.82, 2.24) is 4.31 Å². The van der Waals surface area contributed by atoms with E-state index < -0.39 is 28.0 Å². The summed E-state index contributed by atoms with van der Waals surface area (Å²) in [5, 5.41) is 2.74. The zero-order valence-corrected chi connectivity index (χ0v) is 20.3. The minimum Gasteiger partial charge on any atom is -0.449 e. The second-order valence-electron chi connectivity index (χ2n) is 8.25. The predicted octanol–water partition coefficient (Wildman–Crippen LogP) is 3.28. The Morgan fingerprint density at radius 1 is 1.09 bits per heavy atom. The molecule has 178 valence electrons. The van der Waals surface area contributed by atoms with Crippen LogP contribution in [0.1, 0.15) is 42.6 Å². The van der Waals surface area contributed by atoms with Crippen LogP contribution in [0.2, 0.25) is 0 Å². The molecule has 1 heterocycles. The maximum Gasteiger partial charge on any atom is 0.341 e. The fraction of sp³-hybridized carbons (Fsp3) is 0.417. The summed E-state index contributed by atoms with van der Waals surface area (Å²) in [5.74, 6) is -1.20. The lowest BCUT2D eigenvalue weighted by atomic mass is 10.1. The van der Waals surface area contributed by atoms with Crippen LogP contribution in [0, 0.1) is 0 Å². The van der Waals surface area contributed by atoms with Gasteiger partial charge in [0, 0.05) is 32.9 Å². The SMILES string of the molecule is CCc1ccc(NC(=O)C(C)OC(=O)c2cc(S(=O)(=O)N(C)C)ccc2N2CCCC2)cc1. The minimum absolute atomic E-state index is 0.00415. The number of hydrogen-bond donors (Lipinski definition) is 1. The molecule has 3 rings (SSSR count). The fourth-order valence-electron chi connectivity index (χ4n) is 3.63. The third kappa shape index (κ3) is 5.72. The van der Waals surface area contributed by atoms with E-state index in [9.17, 15) is 18.0 Å². The number of aryl methyl sites for hydroxylation is 1. The largest absolute Gasteiger partial charge is 0.449 e. The standard InChI is InChI=1S/C24H31N3O5S/c1-5-18-8-10-19(11-9-18)25-23(28)17(2)32-24(29)21-16-20(33(30,31)26(3)4)12-13-22(21)27-14-6-7-15-27/h8-13,16-17H,5-7,14-15H2,1-4H3,(H,25,28). The zero-order valence-electron chi connectivity index (χ0n) is 19.5. The van der Waals surface area contributed by atoms with Crippen LogP contribution in [0.4, 0.5) is 11.4 Å². The molecule has 1 aliphatic heterocycles. The van der Waals surface area contributed by atoms with Gasteiger partial charge in [0.1, 0.15) is 0 Å². The summed E-state index contributed by atoms with van der Waals surface area (Å²) in [5.41, 5.74) is 2.50. The van der Waals surface area contributed by atoms with Gasteiger partial charge in [-0.15, -0.1) is 0 Å². The van der Waals surface area contributed by atoms with Crippen molar-refractivity contribution in [3.8, 4) is 0 Å². The number of nitrogens with one attached hydrogen (secondary N) is 1. The van der Waals surface area contributed by atoms with Crippen molar-refractivity contribution in [1.29, 1.82) is 0 Å². The first-order valence-corrected chi connectivity index (χ1v) is 12.5. The summed E-state index contributed by atoms with van der Waals surface area (Å²) >= 11 is 0. The second-order valence-corrected chi connectivity index (χ2v) is 10.4. The van der Waals surface area contributed by atoms with Crippen molar-refractivity contribution in [2.75, 3.05) is 37.4 Å². The minimum atomic E-state index is -3.74. The smallest absolute Gasteiger partial charge is 0.341 e. The average molecular weight is 474 g/mol. The summed E-state index contributed by atoms with van der Waals surface area (Å²) in [7, 11) is -0.873. The fourth-order valence-corrected chi connectivity index (χ4v) is 4.56. The van der Waals surface area contributed by atoms with E-state index in [2.05, 4.69) is 5.32 Å². The number of amides is 1. The molecule has 9 heteroatoms. The Balaban J connectivity index is 1.82. The van der Waals surface area contributed by atoms with Crippen LogP contribution in [0.15, 0.2) is 47.4 Å². The molecule has 1 fully saturated rings. The lowest BCUT2D eigenvalue weighted by molar-refractivity contribution is -0.123. The average Bonchev–Trinajstić information content (AvgIpc) is 3.33. The predicted molar refractivity (Wildman–Crippen MR) is 128 cm³/mol. The van der Waals surface area contributed by atoms with Gasteiger partial charge in [-0.2, -0.15) is 0 Å². The molecule has 0 spiro atoms. The van der Waals surface area contributed by atoms with Crippen LogP contribution in [0.5, 0.6) is 0 Å². The Labute approximate surface area is 195 Å². The number of esters is 1. The number of sulfonamides is 1. The molecule has 2 aromatic rings. The molecule has 2 aromatic carbocycles. The lowest BCUT2D eigenvalue weighted by Crippen LogP contribution is -2.31. The molecule has 0 aliphatic carbocycles. The third-order valence-electron chi connectivity index (χ3n) is 5.70. The van der Waals surface area contributed by atoms with E-state index in [1.807, 2.05) is 24.0 Å². The lowest BCUT2D eigenvalue weighted by Gasteiger charge is -2.23. The molecule has 1 aliphatic rings. The molecular weight excluding hydrogens is 442 g/mol. The van der Waals surface area contributed by atoms with Gasteiger partial charge in [-0.3, -0.25) is 4.79 Å². The van der Waals surface area contributed by atoms with Gasteiger partial charge in [-0.25, -0.2) is 17.5 Å². The van der Waals surface area contributed by atoms with Crippen molar-refractivity contribution in [2.24, 2.45) is 0 Å². The molecule has 1 atom stereocenters. The van der Waals surface area contributed by atoms with Crippen molar-refractivity contribution in [3.63, 3.8) is 0 Å². The molecule has 1 unspecified atom stereocenters. The Morgan fingerprint density at radius 2 is 1.73 bits per heavy atom. The number of nitrogens with zero attached hydrogens (tertiary/aromatic N) is 2. The second kappa shape index (κ2) is 10.4.